The fourth-order valence-electron chi connectivity index (χ4n) is 4.18. The highest BCUT2D eigenvalue weighted by Crippen LogP contribution is 2.34. The minimum atomic E-state index is -1.06. The molecule has 8 nitrogen and oxygen atoms in total. The van der Waals surface area contributed by atoms with Gasteiger partial charge in [0.1, 0.15) is 11.6 Å². The van der Waals surface area contributed by atoms with Crippen molar-refractivity contribution in [3.63, 3.8) is 0 Å². The van der Waals surface area contributed by atoms with E-state index in [1.807, 2.05) is 18.2 Å². The Balaban J connectivity index is 1.44. The smallest absolute Gasteiger partial charge is 0.262 e. The predicted octanol–water partition coefficient (Wildman–Crippen LogP) is 3.08. The Kier molecular flexibility index (Phi) is 9.28. The van der Waals surface area contributed by atoms with Crippen molar-refractivity contribution in [3.8, 4) is 16.5 Å². The topological polar surface area (TPSA) is 118 Å². The lowest BCUT2D eigenvalue weighted by atomic mass is 10.1. The van der Waals surface area contributed by atoms with Gasteiger partial charge in [0.15, 0.2) is 0 Å². The number of allylic oxidation sites excluding steroid dienone is 1. The third kappa shape index (κ3) is 6.95. The average molecular weight is 521 g/mol. The van der Waals surface area contributed by atoms with E-state index in [1.54, 1.807) is 6.92 Å². The van der Waals surface area contributed by atoms with Crippen molar-refractivity contribution in [1.82, 2.24) is 10.2 Å². The summed E-state index contributed by atoms with van der Waals surface area (Å²) in [6.45, 7) is 6.64. The predicted molar refractivity (Wildman–Crippen MR) is 147 cm³/mol. The highest BCUT2D eigenvalue weighted by Gasteiger charge is 2.17. The van der Waals surface area contributed by atoms with Crippen LogP contribution in [0.3, 0.4) is 0 Å². The molecular formula is C28H32N4O4S. The standard InChI is InChI=1S/C28H32N4O4S/c1-19(25(16-29)28(35)31-17-24(34)18-33)26-6-7-27(37-26)22-3-2-21-15-23(5-4-20(21)14-22)30-8-9-32-10-12-36-13-11-32/h2-7,14-15,24,30,33-34H,8-13,17-18H2,1H3,(H,31,35)/b25-19+. The first-order valence-corrected chi connectivity index (χ1v) is 13.2. The number of hydrogen-bond donors (Lipinski definition) is 4. The molecule has 9 heteroatoms. The van der Waals surface area contributed by atoms with E-state index in [0.717, 1.165) is 71.2 Å². The number of aliphatic hydroxyl groups is 2. The normalized spacial score (nSPS) is 15.6. The van der Waals surface area contributed by atoms with Crippen LogP contribution in [0, 0.1) is 11.3 Å². The van der Waals surface area contributed by atoms with Crippen LogP contribution in [0.15, 0.2) is 54.1 Å². The molecule has 0 spiro atoms. The largest absolute Gasteiger partial charge is 0.394 e. The van der Waals surface area contributed by atoms with Gasteiger partial charge in [0.2, 0.25) is 0 Å². The van der Waals surface area contributed by atoms with Gasteiger partial charge in [0.25, 0.3) is 5.91 Å². The molecule has 1 aliphatic rings. The molecule has 0 aliphatic carbocycles. The van der Waals surface area contributed by atoms with E-state index in [9.17, 15) is 15.2 Å². The maximum absolute atomic E-state index is 12.4. The van der Waals surface area contributed by atoms with E-state index in [0.29, 0.717) is 5.57 Å². The number of nitrogens with one attached hydrogen (secondary N) is 2. The number of morpholine rings is 1. The number of hydrogen-bond acceptors (Lipinski definition) is 8. The highest BCUT2D eigenvalue weighted by molar-refractivity contribution is 7.16. The van der Waals surface area contributed by atoms with Gasteiger partial charge in [-0.05, 0) is 59.2 Å². The number of aliphatic hydroxyl groups excluding tert-OH is 2. The fraction of sp³-hybridized carbons (Fsp3) is 0.357. The molecule has 4 rings (SSSR count). The van der Waals surface area contributed by atoms with Crippen LogP contribution in [-0.2, 0) is 9.53 Å². The Morgan fingerprint density at radius 3 is 2.68 bits per heavy atom. The summed E-state index contributed by atoms with van der Waals surface area (Å²) in [5.74, 6) is -0.567. The second-order valence-corrected chi connectivity index (χ2v) is 10.1. The quantitative estimate of drug-likeness (QED) is 0.240. The number of carbonyl (C=O) groups excluding carboxylic acids is 1. The number of anilines is 1. The van der Waals surface area contributed by atoms with Crippen LogP contribution in [-0.4, -0.2) is 79.7 Å². The molecule has 1 aromatic heterocycles. The van der Waals surface area contributed by atoms with E-state index in [4.69, 9.17) is 9.84 Å². The molecule has 2 heterocycles. The van der Waals surface area contributed by atoms with Crippen molar-refractivity contribution in [3.05, 3.63) is 59.0 Å². The molecule has 1 fully saturated rings. The lowest BCUT2D eigenvalue weighted by Crippen LogP contribution is -2.38. The lowest BCUT2D eigenvalue weighted by molar-refractivity contribution is -0.117. The molecule has 0 saturated carbocycles. The van der Waals surface area contributed by atoms with Gasteiger partial charge < -0.3 is 25.6 Å². The van der Waals surface area contributed by atoms with Gasteiger partial charge in [0, 0.05) is 48.2 Å². The summed E-state index contributed by atoms with van der Waals surface area (Å²) in [6, 6.07) is 18.6. The van der Waals surface area contributed by atoms with Gasteiger partial charge in [-0.15, -0.1) is 11.3 Å². The zero-order chi connectivity index (χ0) is 26.2. The third-order valence-corrected chi connectivity index (χ3v) is 7.64. The maximum atomic E-state index is 12.4. The first kappa shape index (κ1) is 26.8. The molecule has 3 aromatic rings. The molecule has 194 valence electrons. The summed E-state index contributed by atoms with van der Waals surface area (Å²) >= 11 is 1.52. The van der Waals surface area contributed by atoms with Crippen molar-refractivity contribution in [2.24, 2.45) is 0 Å². The van der Waals surface area contributed by atoms with Gasteiger partial charge in [-0.3, -0.25) is 9.69 Å². The highest BCUT2D eigenvalue weighted by atomic mass is 32.1. The van der Waals surface area contributed by atoms with Crippen molar-refractivity contribution in [2.45, 2.75) is 13.0 Å². The molecule has 1 saturated heterocycles. The number of nitriles is 1. The number of rotatable bonds is 10. The van der Waals surface area contributed by atoms with Crippen LogP contribution in [0.4, 0.5) is 5.69 Å². The van der Waals surface area contributed by atoms with E-state index in [-0.39, 0.29) is 12.1 Å². The molecule has 0 bridgehead atoms. The van der Waals surface area contributed by atoms with Crippen molar-refractivity contribution in [1.29, 1.82) is 5.26 Å². The van der Waals surface area contributed by atoms with Crippen LogP contribution in [0.2, 0.25) is 0 Å². The van der Waals surface area contributed by atoms with Crippen molar-refractivity contribution >= 4 is 39.3 Å². The Hall–Kier alpha value is -3.26. The summed E-state index contributed by atoms with van der Waals surface area (Å²) in [6.07, 6.45) is -1.06. The SMILES string of the molecule is C/C(=C(/C#N)C(=O)NCC(O)CO)c1ccc(-c2ccc3cc(NCCN4CCOCC4)ccc3c2)s1. The average Bonchev–Trinajstić information content (AvgIpc) is 3.43. The summed E-state index contributed by atoms with van der Waals surface area (Å²) in [5, 5.41) is 36.2. The molecule has 1 unspecified atom stereocenters. The molecule has 4 N–H and O–H groups in total. The Bertz CT molecular complexity index is 1310. The first-order chi connectivity index (χ1) is 18.0. The maximum Gasteiger partial charge on any atom is 0.262 e. The lowest BCUT2D eigenvalue weighted by Gasteiger charge is -2.26. The number of nitrogens with zero attached hydrogens (tertiary/aromatic N) is 2. The Morgan fingerprint density at radius 2 is 1.92 bits per heavy atom. The molecular weight excluding hydrogens is 488 g/mol. The Labute approximate surface area is 220 Å². The van der Waals surface area contributed by atoms with Crippen LogP contribution >= 0.6 is 11.3 Å². The zero-order valence-electron chi connectivity index (χ0n) is 20.9. The monoisotopic (exact) mass is 520 g/mol. The van der Waals surface area contributed by atoms with Gasteiger partial charge in [-0.1, -0.05) is 18.2 Å². The number of carbonyl (C=O) groups is 1. The third-order valence-electron chi connectivity index (χ3n) is 6.38. The minimum absolute atomic E-state index is 0.00861. The summed E-state index contributed by atoms with van der Waals surface area (Å²) < 4.78 is 5.40. The Morgan fingerprint density at radius 1 is 1.16 bits per heavy atom. The van der Waals surface area contributed by atoms with Crippen molar-refractivity contribution in [2.75, 3.05) is 57.9 Å². The molecule has 1 amide bonds. The second-order valence-electron chi connectivity index (χ2n) is 8.98. The number of benzene rings is 2. The minimum Gasteiger partial charge on any atom is -0.394 e. The zero-order valence-corrected chi connectivity index (χ0v) is 21.7. The molecule has 1 aliphatic heterocycles. The summed E-state index contributed by atoms with van der Waals surface area (Å²) in [7, 11) is 0. The van der Waals surface area contributed by atoms with Crippen LogP contribution in [0.1, 0.15) is 11.8 Å². The fourth-order valence-corrected chi connectivity index (χ4v) is 5.19. The first-order valence-electron chi connectivity index (χ1n) is 12.3. The summed E-state index contributed by atoms with van der Waals surface area (Å²) in [5.41, 5.74) is 2.73. The van der Waals surface area contributed by atoms with Crippen molar-refractivity contribution < 1.29 is 19.7 Å². The second kappa shape index (κ2) is 12.8. The van der Waals surface area contributed by atoms with Gasteiger partial charge in [0.05, 0.1) is 25.9 Å². The number of fused-ring (bicyclic) bond motifs is 1. The number of ether oxygens (including phenoxy) is 1. The van der Waals surface area contributed by atoms with E-state index >= 15 is 0 Å². The molecule has 0 radical (unpaired) electrons. The van der Waals surface area contributed by atoms with Gasteiger partial charge >= 0.3 is 0 Å². The van der Waals surface area contributed by atoms with E-state index in [1.165, 1.54) is 11.3 Å². The number of amides is 1. The molecule has 37 heavy (non-hydrogen) atoms. The van der Waals surface area contributed by atoms with Gasteiger partial charge in [-0.2, -0.15) is 5.26 Å². The summed E-state index contributed by atoms with van der Waals surface area (Å²) in [4.78, 5) is 16.7. The van der Waals surface area contributed by atoms with Crippen LogP contribution in [0.25, 0.3) is 26.8 Å². The molecule has 1 atom stereocenters. The number of thiophene rings is 1. The van der Waals surface area contributed by atoms with E-state index in [2.05, 4.69) is 51.9 Å². The van der Waals surface area contributed by atoms with Gasteiger partial charge in [-0.25, -0.2) is 0 Å². The van der Waals surface area contributed by atoms with E-state index < -0.39 is 18.6 Å². The molecule has 2 aromatic carbocycles. The van der Waals surface area contributed by atoms with Crippen LogP contribution < -0.4 is 10.6 Å². The van der Waals surface area contributed by atoms with Crippen LogP contribution in [0.5, 0.6) is 0 Å².